The summed E-state index contributed by atoms with van der Waals surface area (Å²) in [7, 11) is 0. The number of piperidine rings is 1. The van der Waals surface area contributed by atoms with Crippen molar-refractivity contribution in [3.63, 3.8) is 0 Å². The van der Waals surface area contributed by atoms with Crippen molar-refractivity contribution in [1.29, 1.82) is 0 Å². The van der Waals surface area contributed by atoms with Gasteiger partial charge in [0.05, 0.1) is 5.92 Å². The molecule has 2 atom stereocenters. The molecule has 1 aliphatic rings. The Hall–Kier alpha value is -2.91. The second-order valence-electron chi connectivity index (χ2n) is 8.08. The Kier molecular flexibility index (Phi) is 7.58. The zero-order valence-corrected chi connectivity index (χ0v) is 17.5. The monoisotopic (exact) mass is 427 g/mol. The minimum Gasteiger partial charge on any atom is -0.481 e. The highest BCUT2D eigenvalue weighted by Gasteiger charge is 2.31. The molecule has 0 aliphatic carbocycles. The van der Waals surface area contributed by atoms with E-state index in [2.05, 4.69) is 10.9 Å². The summed E-state index contributed by atoms with van der Waals surface area (Å²) in [5.41, 5.74) is 3.92. The van der Waals surface area contributed by atoms with Crippen LogP contribution in [0.5, 0.6) is 5.75 Å². The van der Waals surface area contributed by atoms with Gasteiger partial charge in [-0.05, 0) is 52.7 Å². The van der Waals surface area contributed by atoms with Gasteiger partial charge >= 0.3 is 6.09 Å². The molecule has 1 aromatic carbocycles. The fourth-order valence-corrected chi connectivity index (χ4v) is 2.82. The van der Waals surface area contributed by atoms with Crippen molar-refractivity contribution in [3.8, 4) is 5.75 Å². The molecular weight excluding hydrogens is 400 g/mol. The molecule has 0 bridgehead atoms. The standard InChI is InChI=1S/C20H27F2N3O5/c1-12(29-14-7-8-15(21)16(22)10-14)17(26)23-24-18(27)13-6-5-9-25(11-13)19(28)30-20(2,3)4/h7-8,10,12-13H,5-6,9,11H2,1-4H3,(H,23,26)(H,24,27)/t12-,13-/m1/s1. The van der Waals surface area contributed by atoms with E-state index in [-0.39, 0.29) is 12.3 Å². The zero-order chi connectivity index (χ0) is 22.5. The molecule has 0 saturated carbocycles. The molecule has 0 radical (unpaired) electrons. The number of likely N-dealkylation sites (tertiary alicyclic amines) is 1. The van der Waals surface area contributed by atoms with Crippen molar-refractivity contribution >= 4 is 17.9 Å². The van der Waals surface area contributed by atoms with Gasteiger partial charge < -0.3 is 14.4 Å². The second-order valence-corrected chi connectivity index (χ2v) is 8.08. The predicted molar refractivity (Wildman–Crippen MR) is 103 cm³/mol. The van der Waals surface area contributed by atoms with E-state index in [1.807, 2.05) is 0 Å². The van der Waals surface area contributed by atoms with E-state index in [9.17, 15) is 23.2 Å². The van der Waals surface area contributed by atoms with Gasteiger partial charge in [-0.3, -0.25) is 20.4 Å². The van der Waals surface area contributed by atoms with E-state index in [4.69, 9.17) is 9.47 Å². The van der Waals surface area contributed by atoms with Crippen LogP contribution in [0.15, 0.2) is 18.2 Å². The summed E-state index contributed by atoms with van der Waals surface area (Å²) in [6, 6.07) is 2.90. The van der Waals surface area contributed by atoms with Crippen LogP contribution in [0.4, 0.5) is 13.6 Å². The fraction of sp³-hybridized carbons (Fsp3) is 0.550. The Morgan fingerprint density at radius 3 is 2.50 bits per heavy atom. The summed E-state index contributed by atoms with van der Waals surface area (Å²) in [6.45, 7) is 7.35. The first-order chi connectivity index (χ1) is 14.0. The van der Waals surface area contributed by atoms with Gasteiger partial charge in [-0.1, -0.05) is 0 Å². The van der Waals surface area contributed by atoms with Crippen LogP contribution in [0.2, 0.25) is 0 Å². The molecule has 2 rings (SSSR count). The maximum absolute atomic E-state index is 13.2. The first kappa shape index (κ1) is 23.4. The molecule has 1 aromatic rings. The normalized spacial score (nSPS) is 17.7. The lowest BCUT2D eigenvalue weighted by molar-refractivity contribution is -0.135. The van der Waals surface area contributed by atoms with Crippen LogP contribution in [0, 0.1) is 17.6 Å². The lowest BCUT2D eigenvalue weighted by Crippen LogP contribution is -2.52. The summed E-state index contributed by atoms with van der Waals surface area (Å²) in [4.78, 5) is 38.2. The highest BCUT2D eigenvalue weighted by Crippen LogP contribution is 2.20. The lowest BCUT2D eigenvalue weighted by atomic mass is 9.98. The van der Waals surface area contributed by atoms with Gasteiger partial charge in [0, 0.05) is 19.2 Å². The molecule has 8 nitrogen and oxygen atoms in total. The Morgan fingerprint density at radius 1 is 1.17 bits per heavy atom. The van der Waals surface area contributed by atoms with Gasteiger partial charge in [0.1, 0.15) is 11.4 Å². The number of benzene rings is 1. The van der Waals surface area contributed by atoms with Crippen LogP contribution in [0.25, 0.3) is 0 Å². The minimum absolute atomic E-state index is 0.0249. The van der Waals surface area contributed by atoms with E-state index in [1.165, 1.54) is 17.9 Å². The number of hydrogen-bond acceptors (Lipinski definition) is 5. The number of halogens is 2. The summed E-state index contributed by atoms with van der Waals surface area (Å²) < 4.78 is 36.7. The number of carbonyl (C=O) groups is 3. The van der Waals surface area contributed by atoms with Crippen molar-refractivity contribution in [2.75, 3.05) is 13.1 Å². The van der Waals surface area contributed by atoms with Crippen LogP contribution in [0.3, 0.4) is 0 Å². The van der Waals surface area contributed by atoms with Gasteiger partial charge in [-0.2, -0.15) is 0 Å². The highest BCUT2D eigenvalue weighted by atomic mass is 19.2. The number of ether oxygens (including phenoxy) is 2. The molecular formula is C20H27F2N3O5. The fourth-order valence-electron chi connectivity index (χ4n) is 2.82. The Labute approximate surface area is 173 Å². The third kappa shape index (κ3) is 6.85. The molecule has 0 aromatic heterocycles. The van der Waals surface area contributed by atoms with E-state index < -0.39 is 47.2 Å². The average Bonchev–Trinajstić information content (AvgIpc) is 2.67. The summed E-state index contributed by atoms with van der Waals surface area (Å²) in [5.74, 6) is -3.78. The molecule has 2 N–H and O–H groups in total. The number of carbonyl (C=O) groups excluding carboxylic acids is 3. The Balaban J connectivity index is 1.82. The van der Waals surface area contributed by atoms with Gasteiger partial charge in [-0.15, -0.1) is 0 Å². The molecule has 0 unspecified atom stereocenters. The molecule has 0 spiro atoms. The predicted octanol–water partition coefficient (Wildman–Crippen LogP) is 2.53. The number of hydrazine groups is 1. The molecule has 166 valence electrons. The average molecular weight is 427 g/mol. The topological polar surface area (TPSA) is 97.0 Å². The number of amides is 3. The SMILES string of the molecule is C[C@@H](Oc1ccc(F)c(F)c1)C(=O)NNC(=O)[C@@H]1CCCN(C(=O)OC(C)(C)C)C1. The van der Waals surface area contributed by atoms with Gasteiger partial charge in [-0.25, -0.2) is 13.6 Å². The van der Waals surface area contributed by atoms with Crippen molar-refractivity contribution in [2.24, 2.45) is 5.92 Å². The molecule has 3 amide bonds. The van der Waals surface area contributed by atoms with Gasteiger partial charge in [0.2, 0.25) is 5.91 Å². The zero-order valence-electron chi connectivity index (χ0n) is 17.5. The Morgan fingerprint density at radius 2 is 1.87 bits per heavy atom. The number of nitrogens with zero attached hydrogens (tertiary/aromatic N) is 1. The first-order valence-corrected chi connectivity index (χ1v) is 9.65. The van der Waals surface area contributed by atoms with Crippen LogP contribution >= 0.6 is 0 Å². The molecule has 1 heterocycles. The largest absolute Gasteiger partial charge is 0.481 e. The van der Waals surface area contributed by atoms with Crippen molar-refractivity contribution in [3.05, 3.63) is 29.8 Å². The third-order valence-corrected chi connectivity index (χ3v) is 4.33. The van der Waals surface area contributed by atoms with Crippen molar-refractivity contribution in [1.82, 2.24) is 15.8 Å². The maximum atomic E-state index is 13.2. The van der Waals surface area contributed by atoms with Crippen LogP contribution in [-0.2, 0) is 14.3 Å². The number of rotatable bonds is 4. The summed E-state index contributed by atoms with van der Waals surface area (Å²) in [5, 5.41) is 0. The van der Waals surface area contributed by atoms with E-state index >= 15 is 0 Å². The van der Waals surface area contributed by atoms with Gasteiger partial charge in [0.25, 0.3) is 5.91 Å². The molecule has 10 heteroatoms. The highest BCUT2D eigenvalue weighted by molar-refractivity contribution is 5.86. The quantitative estimate of drug-likeness (QED) is 0.720. The maximum Gasteiger partial charge on any atom is 0.410 e. The second kappa shape index (κ2) is 9.73. The van der Waals surface area contributed by atoms with Crippen molar-refractivity contribution < 1.29 is 32.6 Å². The lowest BCUT2D eigenvalue weighted by Gasteiger charge is -2.33. The molecule has 1 fully saturated rings. The summed E-state index contributed by atoms with van der Waals surface area (Å²) >= 11 is 0. The third-order valence-electron chi connectivity index (χ3n) is 4.33. The first-order valence-electron chi connectivity index (χ1n) is 9.65. The van der Waals surface area contributed by atoms with Gasteiger partial charge in [0.15, 0.2) is 17.7 Å². The molecule has 30 heavy (non-hydrogen) atoms. The van der Waals surface area contributed by atoms with E-state index in [1.54, 1.807) is 20.8 Å². The number of hydrogen-bond donors (Lipinski definition) is 2. The molecule has 1 aliphatic heterocycles. The number of nitrogens with one attached hydrogen (secondary N) is 2. The van der Waals surface area contributed by atoms with E-state index in [0.717, 1.165) is 12.1 Å². The Bertz CT molecular complexity index is 797. The summed E-state index contributed by atoms with van der Waals surface area (Å²) in [6.07, 6.45) is -0.375. The smallest absolute Gasteiger partial charge is 0.410 e. The van der Waals surface area contributed by atoms with Crippen LogP contribution in [0.1, 0.15) is 40.5 Å². The van der Waals surface area contributed by atoms with Crippen LogP contribution < -0.4 is 15.6 Å². The van der Waals surface area contributed by atoms with Crippen LogP contribution in [-0.4, -0.2) is 47.6 Å². The van der Waals surface area contributed by atoms with E-state index in [0.29, 0.717) is 19.4 Å². The molecule has 1 saturated heterocycles. The van der Waals surface area contributed by atoms with Crippen molar-refractivity contribution in [2.45, 2.75) is 52.2 Å². The minimum atomic E-state index is -1.10.